The van der Waals surface area contributed by atoms with E-state index >= 15 is 0 Å². The molecule has 0 aliphatic heterocycles. The van der Waals surface area contributed by atoms with Gasteiger partial charge in [0.15, 0.2) is 6.61 Å². The normalized spacial score (nSPS) is 10.4. The predicted octanol–water partition coefficient (Wildman–Crippen LogP) is 2.72. The molecule has 0 atom stereocenters. The minimum atomic E-state index is -0.560. The number of amides is 1. The van der Waals surface area contributed by atoms with E-state index in [1.54, 1.807) is 43.1 Å². The fourth-order valence-electron chi connectivity index (χ4n) is 2.16. The van der Waals surface area contributed by atoms with Crippen molar-refractivity contribution in [3.63, 3.8) is 0 Å². The molecule has 0 saturated heterocycles. The van der Waals surface area contributed by atoms with Crippen LogP contribution in [0, 0.1) is 0 Å². The monoisotopic (exact) mass is 359 g/mol. The van der Waals surface area contributed by atoms with Crippen LogP contribution in [0.2, 0.25) is 0 Å². The molecule has 2 aromatic rings. The Morgan fingerprint density at radius 2 is 1.64 bits per heavy atom. The third-order valence-electron chi connectivity index (χ3n) is 3.70. The molecule has 0 aromatic heterocycles. The number of hydrogen-bond acceptors (Lipinski definition) is 5. The van der Waals surface area contributed by atoms with Crippen LogP contribution in [-0.2, 0) is 22.7 Å². The first-order chi connectivity index (χ1) is 12.0. The molecule has 0 saturated carbocycles. The third-order valence-corrected chi connectivity index (χ3v) is 4.45. The van der Waals surface area contributed by atoms with Gasteiger partial charge in [-0.1, -0.05) is 24.3 Å². The summed E-state index contributed by atoms with van der Waals surface area (Å²) >= 11 is 1.66. The van der Waals surface area contributed by atoms with Crippen LogP contribution in [0.25, 0.3) is 0 Å². The number of carbonyl (C=O) groups excluding carboxylic acids is 2. The summed E-state index contributed by atoms with van der Waals surface area (Å²) < 4.78 is 5.06. The maximum atomic E-state index is 12.1. The number of likely N-dealkylation sites (N-methyl/N-ethyl adjacent to an activating group) is 1. The molecule has 0 fully saturated rings. The van der Waals surface area contributed by atoms with E-state index in [1.807, 2.05) is 30.5 Å². The van der Waals surface area contributed by atoms with Crippen molar-refractivity contribution in [2.24, 2.45) is 0 Å². The van der Waals surface area contributed by atoms with E-state index < -0.39 is 5.97 Å². The molecule has 1 amide bonds. The van der Waals surface area contributed by atoms with Crippen LogP contribution in [0.1, 0.15) is 21.5 Å². The largest absolute Gasteiger partial charge is 0.452 e. The number of rotatable bonds is 7. The van der Waals surface area contributed by atoms with Gasteiger partial charge in [-0.2, -0.15) is 0 Å². The van der Waals surface area contributed by atoms with Gasteiger partial charge in [-0.3, -0.25) is 4.79 Å². The summed E-state index contributed by atoms with van der Waals surface area (Å²) in [4.78, 5) is 26.8. The number of esters is 1. The van der Waals surface area contributed by atoms with E-state index in [0.717, 1.165) is 5.56 Å². The minimum absolute atomic E-state index is 0.0868. The number of thioether (sulfide) groups is 1. The molecular weight excluding hydrogens is 338 g/mol. The number of ether oxygens (including phenoxy) is 1. The Hall–Kier alpha value is -2.31. The van der Waals surface area contributed by atoms with Crippen molar-refractivity contribution in [2.75, 3.05) is 19.9 Å². The molecule has 5 nitrogen and oxygen atoms in total. The molecule has 6 heteroatoms. The summed E-state index contributed by atoms with van der Waals surface area (Å²) in [6, 6.07) is 14.4. The van der Waals surface area contributed by atoms with Crippen molar-refractivity contribution in [1.82, 2.24) is 4.90 Å². The van der Waals surface area contributed by atoms with Gasteiger partial charge in [0.1, 0.15) is 0 Å². The van der Waals surface area contributed by atoms with E-state index in [0.29, 0.717) is 17.7 Å². The van der Waals surface area contributed by atoms with Crippen LogP contribution in [0.5, 0.6) is 0 Å². The molecule has 0 unspecified atom stereocenters. The lowest BCUT2D eigenvalue weighted by Gasteiger charge is -2.17. The Kier molecular flexibility index (Phi) is 7.03. The second-order valence-electron chi connectivity index (χ2n) is 5.53. The summed E-state index contributed by atoms with van der Waals surface area (Å²) in [6.45, 7) is 0.0623. The van der Waals surface area contributed by atoms with Crippen molar-refractivity contribution in [3.8, 4) is 0 Å². The molecule has 0 heterocycles. The van der Waals surface area contributed by atoms with Crippen LogP contribution in [0.3, 0.4) is 0 Å². The van der Waals surface area contributed by atoms with Gasteiger partial charge < -0.3 is 14.7 Å². The zero-order valence-corrected chi connectivity index (χ0v) is 15.1. The Balaban J connectivity index is 1.84. The summed E-state index contributed by atoms with van der Waals surface area (Å²) in [6.07, 6.45) is 2.01. The zero-order chi connectivity index (χ0) is 18.2. The molecule has 0 aliphatic carbocycles. The van der Waals surface area contributed by atoms with Crippen LogP contribution in [0.15, 0.2) is 53.4 Å². The number of nitrogens with zero attached hydrogens (tertiary/aromatic N) is 1. The lowest BCUT2D eigenvalue weighted by atomic mass is 10.1. The van der Waals surface area contributed by atoms with Gasteiger partial charge in [-0.05, 0) is 41.6 Å². The van der Waals surface area contributed by atoms with Gasteiger partial charge in [0.25, 0.3) is 5.91 Å². The highest BCUT2D eigenvalue weighted by molar-refractivity contribution is 7.98. The van der Waals surface area contributed by atoms with Crippen molar-refractivity contribution in [3.05, 3.63) is 65.2 Å². The molecular formula is C19H21NO4S. The number of aliphatic hydroxyl groups is 1. The van der Waals surface area contributed by atoms with Crippen LogP contribution in [-0.4, -0.2) is 41.8 Å². The van der Waals surface area contributed by atoms with Crippen molar-refractivity contribution < 1.29 is 19.4 Å². The summed E-state index contributed by atoms with van der Waals surface area (Å²) in [5, 5.41) is 8.99. The minimum Gasteiger partial charge on any atom is -0.452 e. The third kappa shape index (κ3) is 5.62. The van der Waals surface area contributed by atoms with E-state index in [1.165, 1.54) is 9.80 Å². The van der Waals surface area contributed by atoms with Gasteiger partial charge in [0.2, 0.25) is 0 Å². The topological polar surface area (TPSA) is 66.8 Å². The summed E-state index contributed by atoms with van der Waals surface area (Å²) in [5.74, 6) is -0.829. The maximum absolute atomic E-state index is 12.1. The second kappa shape index (κ2) is 9.25. The summed E-state index contributed by atoms with van der Waals surface area (Å²) in [5.41, 5.74) is 2.07. The number of carbonyl (C=O) groups is 2. The van der Waals surface area contributed by atoms with Crippen LogP contribution >= 0.6 is 11.8 Å². The molecule has 0 aliphatic rings. The Bertz CT molecular complexity index is 713. The van der Waals surface area contributed by atoms with Gasteiger partial charge in [-0.15, -0.1) is 11.8 Å². The van der Waals surface area contributed by atoms with E-state index in [2.05, 4.69) is 0 Å². The predicted molar refractivity (Wildman–Crippen MR) is 97.3 cm³/mol. The average Bonchev–Trinajstić information content (AvgIpc) is 2.66. The maximum Gasteiger partial charge on any atom is 0.338 e. The van der Waals surface area contributed by atoms with Crippen molar-refractivity contribution in [2.45, 2.75) is 18.0 Å². The SMILES string of the molecule is CSc1ccc(CN(C)C(=O)COC(=O)c2ccc(CO)cc2)cc1. The quantitative estimate of drug-likeness (QED) is 0.608. The Morgan fingerprint density at radius 3 is 2.20 bits per heavy atom. The highest BCUT2D eigenvalue weighted by Crippen LogP contribution is 2.15. The van der Waals surface area contributed by atoms with Crippen molar-refractivity contribution in [1.29, 1.82) is 0 Å². The average molecular weight is 359 g/mol. The molecule has 2 rings (SSSR count). The van der Waals surface area contributed by atoms with Crippen LogP contribution in [0.4, 0.5) is 0 Å². The van der Waals surface area contributed by atoms with E-state index in [4.69, 9.17) is 9.84 Å². The first-order valence-electron chi connectivity index (χ1n) is 7.77. The van der Waals surface area contributed by atoms with E-state index in [9.17, 15) is 9.59 Å². The highest BCUT2D eigenvalue weighted by atomic mass is 32.2. The lowest BCUT2D eigenvalue weighted by molar-refractivity contribution is -0.133. The molecule has 0 radical (unpaired) electrons. The molecule has 0 spiro atoms. The first-order valence-corrected chi connectivity index (χ1v) is 8.99. The Labute approximate surface area is 151 Å². The number of hydrogen-bond donors (Lipinski definition) is 1. The molecule has 2 aromatic carbocycles. The van der Waals surface area contributed by atoms with Crippen molar-refractivity contribution >= 4 is 23.6 Å². The fourth-order valence-corrected chi connectivity index (χ4v) is 2.57. The number of aliphatic hydroxyl groups excluding tert-OH is 1. The zero-order valence-electron chi connectivity index (χ0n) is 14.3. The lowest BCUT2D eigenvalue weighted by Crippen LogP contribution is -2.30. The standard InChI is InChI=1S/C19H21NO4S/c1-20(11-14-5-9-17(25-2)10-6-14)18(22)13-24-19(23)16-7-3-15(12-21)4-8-16/h3-10,21H,11-13H2,1-2H3. The van der Waals surface area contributed by atoms with Gasteiger partial charge in [-0.25, -0.2) is 4.79 Å². The van der Waals surface area contributed by atoms with Gasteiger partial charge in [0, 0.05) is 18.5 Å². The second-order valence-corrected chi connectivity index (χ2v) is 6.41. The smallest absolute Gasteiger partial charge is 0.338 e. The Morgan fingerprint density at radius 1 is 1.04 bits per heavy atom. The van der Waals surface area contributed by atoms with Crippen LogP contribution < -0.4 is 0 Å². The molecule has 132 valence electrons. The molecule has 1 N–H and O–H groups in total. The van der Waals surface area contributed by atoms with E-state index in [-0.39, 0.29) is 19.1 Å². The highest BCUT2D eigenvalue weighted by Gasteiger charge is 2.14. The van der Waals surface area contributed by atoms with Gasteiger partial charge >= 0.3 is 5.97 Å². The summed E-state index contributed by atoms with van der Waals surface area (Å²) in [7, 11) is 1.68. The van der Waals surface area contributed by atoms with Gasteiger partial charge in [0.05, 0.1) is 12.2 Å². The number of benzene rings is 2. The molecule has 25 heavy (non-hydrogen) atoms. The first kappa shape index (κ1) is 19.0. The fraction of sp³-hybridized carbons (Fsp3) is 0.263. The molecule has 0 bridgehead atoms.